The van der Waals surface area contributed by atoms with Gasteiger partial charge < -0.3 is 10.1 Å². The van der Waals surface area contributed by atoms with Crippen LogP contribution in [0.4, 0.5) is 0 Å². The second-order valence-electron chi connectivity index (χ2n) is 6.62. The molecule has 0 bridgehead atoms. The topological polar surface area (TPSA) is 41.6 Å². The van der Waals surface area contributed by atoms with Gasteiger partial charge in [0.2, 0.25) is 5.91 Å². The first kappa shape index (κ1) is 19.7. The van der Waals surface area contributed by atoms with Crippen LogP contribution >= 0.6 is 12.4 Å². The highest BCUT2D eigenvalue weighted by Gasteiger charge is 2.39. The molecule has 0 atom stereocenters. The van der Waals surface area contributed by atoms with E-state index in [1.807, 2.05) is 0 Å². The number of hydrogen-bond acceptors (Lipinski definition) is 3. The molecule has 0 aromatic heterocycles. The van der Waals surface area contributed by atoms with Gasteiger partial charge in [0.15, 0.2) is 0 Å². The number of carbonyl (C=O) groups excluding carboxylic acids is 1. The zero-order chi connectivity index (χ0) is 15.1. The summed E-state index contributed by atoms with van der Waals surface area (Å²) in [6.45, 7) is 8.73. The third-order valence-electron chi connectivity index (χ3n) is 5.41. The largest absolute Gasteiger partial charge is 0.379 e. The average molecular weight is 333 g/mol. The van der Waals surface area contributed by atoms with Gasteiger partial charge in [0, 0.05) is 31.1 Å². The SMILES string of the molecule is CCC(CC)C(=O)NCC1(N2CCOCC2)CCCCC1.Cl. The molecule has 1 heterocycles. The van der Waals surface area contributed by atoms with E-state index < -0.39 is 0 Å². The minimum atomic E-state index is 0. The molecule has 1 amide bonds. The van der Waals surface area contributed by atoms with Gasteiger partial charge >= 0.3 is 0 Å². The van der Waals surface area contributed by atoms with Crippen LogP contribution in [0.15, 0.2) is 0 Å². The van der Waals surface area contributed by atoms with Crippen LogP contribution in [-0.4, -0.2) is 49.2 Å². The fourth-order valence-electron chi connectivity index (χ4n) is 3.91. The van der Waals surface area contributed by atoms with Crippen molar-refractivity contribution in [3.63, 3.8) is 0 Å². The summed E-state index contributed by atoms with van der Waals surface area (Å²) in [5.74, 6) is 0.425. The van der Waals surface area contributed by atoms with Crippen LogP contribution < -0.4 is 5.32 Å². The molecule has 1 saturated heterocycles. The van der Waals surface area contributed by atoms with Crippen molar-refractivity contribution in [3.8, 4) is 0 Å². The summed E-state index contributed by atoms with van der Waals surface area (Å²) in [4.78, 5) is 14.9. The third kappa shape index (κ3) is 4.84. The number of halogens is 1. The first-order valence-corrected chi connectivity index (χ1v) is 8.82. The molecule has 2 fully saturated rings. The molecule has 130 valence electrons. The number of amides is 1. The highest BCUT2D eigenvalue weighted by molar-refractivity contribution is 5.85. The van der Waals surface area contributed by atoms with Gasteiger partial charge in [-0.2, -0.15) is 0 Å². The fourth-order valence-corrected chi connectivity index (χ4v) is 3.91. The Morgan fingerprint density at radius 3 is 2.27 bits per heavy atom. The van der Waals surface area contributed by atoms with E-state index in [0.717, 1.165) is 45.7 Å². The molecule has 0 aromatic carbocycles. The van der Waals surface area contributed by atoms with Gasteiger partial charge in [0.05, 0.1) is 13.2 Å². The quantitative estimate of drug-likeness (QED) is 0.813. The standard InChI is InChI=1S/C17H32N2O2.ClH/c1-3-15(4-2)16(20)18-14-17(8-6-5-7-9-17)19-10-12-21-13-11-19;/h15H,3-14H2,1-2H3,(H,18,20);1H. The summed E-state index contributed by atoms with van der Waals surface area (Å²) in [7, 11) is 0. The molecule has 2 aliphatic rings. The summed E-state index contributed by atoms with van der Waals surface area (Å²) >= 11 is 0. The number of carbonyl (C=O) groups is 1. The van der Waals surface area contributed by atoms with E-state index in [1.165, 1.54) is 32.1 Å². The maximum atomic E-state index is 12.3. The Labute approximate surface area is 141 Å². The van der Waals surface area contributed by atoms with E-state index in [4.69, 9.17) is 4.74 Å². The molecular weight excluding hydrogens is 300 g/mol. The van der Waals surface area contributed by atoms with Crippen molar-refractivity contribution in [2.75, 3.05) is 32.8 Å². The predicted octanol–water partition coefficient (Wildman–Crippen LogP) is 3.00. The molecule has 1 aliphatic heterocycles. The fraction of sp³-hybridized carbons (Fsp3) is 0.941. The molecule has 0 spiro atoms. The molecule has 2 rings (SSSR count). The lowest BCUT2D eigenvalue weighted by molar-refractivity contribution is -0.126. The van der Waals surface area contributed by atoms with Crippen LogP contribution in [-0.2, 0) is 9.53 Å². The first-order valence-electron chi connectivity index (χ1n) is 8.82. The number of ether oxygens (including phenoxy) is 1. The van der Waals surface area contributed by atoms with Gasteiger partial charge in [0.1, 0.15) is 0 Å². The van der Waals surface area contributed by atoms with Gasteiger partial charge in [-0.1, -0.05) is 33.1 Å². The molecule has 1 aliphatic carbocycles. The lowest BCUT2D eigenvalue weighted by atomic mass is 9.79. The normalized spacial score (nSPS) is 22.1. The second-order valence-corrected chi connectivity index (χ2v) is 6.62. The predicted molar refractivity (Wildman–Crippen MR) is 92.5 cm³/mol. The zero-order valence-electron chi connectivity index (χ0n) is 14.2. The van der Waals surface area contributed by atoms with Crippen molar-refractivity contribution in [3.05, 3.63) is 0 Å². The van der Waals surface area contributed by atoms with E-state index in [9.17, 15) is 4.79 Å². The summed E-state index contributed by atoms with van der Waals surface area (Å²) in [6, 6.07) is 0. The molecular formula is C17H33ClN2O2. The maximum Gasteiger partial charge on any atom is 0.223 e. The van der Waals surface area contributed by atoms with Crippen molar-refractivity contribution >= 4 is 18.3 Å². The van der Waals surface area contributed by atoms with Crippen molar-refractivity contribution in [1.82, 2.24) is 10.2 Å². The minimum absolute atomic E-state index is 0. The van der Waals surface area contributed by atoms with Crippen LogP contribution in [0, 0.1) is 5.92 Å². The van der Waals surface area contributed by atoms with E-state index in [1.54, 1.807) is 0 Å². The summed E-state index contributed by atoms with van der Waals surface area (Å²) < 4.78 is 5.51. The molecule has 22 heavy (non-hydrogen) atoms. The Kier molecular flexibility index (Phi) is 8.73. The highest BCUT2D eigenvalue weighted by Crippen LogP contribution is 2.34. The van der Waals surface area contributed by atoms with Crippen molar-refractivity contribution in [1.29, 1.82) is 0 Å². The van der Waals surface area contributed by atoms with Crippen LogP contribution in [0.2, 0.25) is 0 Å². The van der Waals surface area contributed by atoms with E-state index >= 15 is 0 Å². The Morgan fingerprint density at radius 1 is 1.14 bits per heavy atom. The molecule has 0 unspecified atom stereocenters. The summed E-state index contributed by atoms with van der Waals surface area (Å²) in [6.07, 6.45) is 8.23. The van der Waals surface area contributed by atoms with Crippen molar-refractivity contribution < 1.29 is 9.53 Å². The number of morpholine rings is 1. The number of hydrogen-bond donors (Lipinski definition) is 1. The molecule has 5 heteroatoms. The highest BCUT2D eigenvalue weighted by atomic mass is 35.5. The summed E-state index contributed by atoms with van der Waals surface area (Å²) in [5, 5.41) is 3.27. The summed E-state index contributed by atoms with van der Waals surface area (Å²) in [5.41, 5.74) is 0.184. The Morgan fingerprint density at radius 2 is 1.73 bits per heavy atom. The van der Waals surface area contributed by atoms with Gasteiger partial charge in [-0.05, 0) is 25.7 Å². The second kappa shape index (κ2) is 9.74. The zero-order valence-corrected chi connectivity index (χ0v) is 15.1. The van der Waals surface area contributed by atoms with Crippen LogP contribution in [0.25, 0.3) is 0 Å². The van der Waals surface area contributed by atoms with Crippen LogP contribution in [0.5, 0.6) is 0 Å². The molecule has 0 aromatic rings. The maximum absolute atomic E-state index is 12.3. The van der Waals surface area contributed by atoms with Crippen LogP contribution in [0.1, 0.15) is 58.8 Å². The van der Waals surface area contributed by atoms with Crippen LogP contribution in [0.3, 0.4) is 0 Å². The van der Waals surface area contributed by atoms with E-state index in [0.29, 0.717) is 0 Å². The monoisotopic (exact) mass is 332 g/mol. The third-order valence-corrected chi connectivity index (χ3v) is 5.41. The molecule has 4 nitrogen and oxygen atoms in total. The Balaban J connectivity index is 0.00000242. The number of rotatable bonds is 6. The smallest absolute Gasteiger partial charge is 0.223 e. The van der Waals surface area contributed by atoms with Gasteiger partial charge in [0.25, 0.3) is 0 Å². The van der Waals surface area contributed by atoms with Gasteiger partial charge in [-0.25, -0.2) is 0 Å². The van der Waals surface area contributed by atoms with Gasteiger partial charge in [-0.3, -0.25) is 9.69 Å². The van der Waals surface area contributed by atoms with Gasteiger partial charge in [-0.15, -0.1) is 12.4 Å². The number of nitrogens with zero attached hydrogens (tertiary/aromatic N) is 1. The molecule has 0 radical (unpaired) electrons. The van der Waals surface area contributed by atoms with Crippen molar-refractivity contribution in [2.45, 2.75) is 64.3 Å². The first-order chi connectivity index (χ1) is 10.2. The van der Waals surface area contributed by atoms with Crippen molar-refractivity contribution in [2.24, 2.45) is 5.92 Å². The van der Waals surface area contributed by atoms with E-state index in [2.05, 4.69) is 24.1 Å². The minimum Gasteiger partial charge on any atom is -0.379 e. The lowest BCUT2D eigenvalue weighted by Crippen LogP contribution is -2.60. The number of nitrogens with one attached hydrogen (secondary N) is 1. The van der Waals surface area contributed by atoms with E-state index in [-0.39, 0.29) is 29.8 Å². The Hall–Kier alpha value is -0.320. The Bertz CT molecular complexity index is 323. The molecule has 1 saturated carbocycles. The molecule has 1 N–H and O–H groups in total. The lowest BCUT2D eigenvalue weighted by Gasteiger charge is -2.48. The average Bonchev–Trinajstić information content (AvgIpc) is 2.56.